The van der Waals surface area contributed by atoms with Gasteiger partial charge in [0.2, 0.25) is 0 Å². The minimum atomic E-state index is -2.74. The summed E-state index contributed by atoms with van der Waals surface area (Å²) in [6.45, 7) is 7.70. The second-order valence-corrected chi connectivity index (χ2v) is 14.5. The number of hydrogen-bond acceptors (Lipinski definition) is 3. The molecule has 1 aliphatic heterocycles. The summed E-state index contributed by atoms with van der Waals surface area (Å²) >= 11 is 0. The fourth-order valence-corrected chi connectivity index (χ4v) is 9.58. The zero-order chi connectivity index (χ0) is 28.5. The molecule has 1 fully saturated rings. The van der Waals surface area contributed by atoms with E-state index < -0.39 is 13.9 Å². The topological polar surface area (TPSA) is 21.7 Å². The standard InChI is InChI=1S/C37H43NO2Si/c1-4-33(5-2)39-30-29-38-28-18-27-36(38)37(31-19-10-6-11-20-31,32-21-12-7-13-22-32)40-41(3,34-23-14-8-15-24-34)35-25-16-9-17-26-35/h6-17,19-26,29-30,33,36H,4-5,18,27-28H2,1-3H3/b30-29+/t36-/m0/s1. The number of ether oxygens (including phenoxy) is 1. The highest BCUT2D eigenvalue weighted by Crippen LogP contribution is 2.45. The van der Waals surface area contributed by atoms with Gasteiger partial charge in [-0.05, 0) is 53.7 Å². The summed E-state index contributed by atoms with van der Waals surface area (Å²) in [6, 6.07) is 43.6. The van der Waals surface area contributed by atoms with Gasteiger partial charge in [0.25, 0.3) is 8.32 Å². The normalized spacial score (nSPS) is 16.0. The molecular formula is C37H43NO2Si. The molecule has 5 rings (SSSR count). The quantitative estimate of drug-likeness (QED) is 0.132. The van der Waals surface area contributed by atoms with Crippen LogP contribution in [0.15, 0.2) is 134 Å². The highest BCUT2D eigenvalue weighted by Gasteiger charge is 2.52. The highest BCUT2D eigenvalue weighted by atomic mass is 28.4. The van der Waals surface area contributed by atoms with Gasteiger partial charge in [-0.2, -0.15) is 0 Å². The molecule has 0 aliphatic carbocycles. The molecule has 0 amide bonds. The molecule has 0 unspecified atom stereocenters. The molecule has 4 aromatic carbocycles. The second-order valence-electron chi connectivity index (χ2n) is 11.1. The van der Waals surface area contributed by atoms with Crippen LogP contribution in [0.1, 0.15) is 50.7 Å². The highest BCUT2D eigenvalue weighted by molar-refractivity contribution is 6.96. The lowest BCUT2D eigenvalue weighted by Crippen LogP contribution is -2.65. The Morgan fingerprint density at radius 1 is 0.756 bits per heavy atom. The van der Waals surface area contributed by atoms with Gasteiger partial charge in [-0.3, -0.25) is 0 Å². The van der Waals surface area contributed by atoms with Crippen molar-refractivity contribution in [2.75, 3.05) is 6.54 Å². The van der Waals surface area contributed by atoms with Crippen molar-refractivity contribution in [1.29, 1.82) is 0 Å². The summed E-state index contributed by atoms with van der Waals surface area (Å²) in [5, 5.41) is 2.53. The third-order valence-corrected chi connectivity index (χ3v) is 12.2. The lowest BCUT2D eigenvalue weighted by molar-refractivity contribution is 0.0298. The first-order valence-corrected chi connectivity index (χ1v) is 17.5. The van der Waals surface area contributed by atoms with E-state index >= 15 is 0 Å². The Kier molecular flexibility index (Phi) is 9.43. The van der Waals surface area contributed by atoms with E-state index in [1.165, 1.54) is 21.5 Å². The van der Waals surface area contributed by atoms with Gasteiger partial charge in [-0.1, -0.05) is 135 Å². The van der Waals surface area contributed by atoms with Gasteiger partial charge in [0.05, 0.1) is 18.4 Å². The molecule has 0 spiro atoms. The molecule has 3 nitrogen and oxygen atoms in total. The van der Waals surface area contributed by atoms with Crippen molar-refractivity contribution in [3.8, 4) is 0 Å². The van der Waals surface area contributed by atoms with E-state index in [9.17, 15) is 0 Å². The molecule has 1 aliphatic rings. The summed E-state index contributed by atoms with van der Waals surface area (Å²) in [5.41, 5.74) is 1.66. The van der Waals surface area contributed by atoms with Crippen LogP contribution in [0, 0.1) is 0 Å². The van der Waals surface area contributed by atoms with E-state index in [1.807, 2.05) is 6.26 Å². The Labute approximate surface area is 247 Å². The summed E-state index contributed by atoms with van der Waals surface area (Å²) in [5.74, 6) is 0. The summed E-state index contributed by atoms with van der Waals surface area (Å²) < 4.78 is 14.1. The predicted octanol–water partition coefficient (Wildman–Crippen LogP) is 7.48. The average molecular weight is 562 g/mol. The number of nitrogens with zero attached hydrogens (tertiary/aromatic N) is 1. The van der Waals surface area contributed by atoms with Crippen molar-refractivity contribution in [3.63, 3.8) is 0 Å². The third-order valence-electron chi connectivity index (χ3n) is 8.62. The molecule has 212 valence electrons. The van der Waals surface area contributed by atoms with Crippen LogP contribution >= 0.6 is 0 Å². The lowest BCUT2D eigenvalue weighted by Gasteiger charge is -2.48. The monoisotopic (exact) mass is 561 g/mol. The maximum atomic E-state index is 7.98. The van der Waals surface area contributed by atoms with E-state index in [0.717, 1.165) is 32.2 Å². The fourth-order valence-electron chi connectivity index (χ4n) is 6.34. The molecule has 1 saturated heterocycles. The lowest BCUT2D eigenvalue weighted by atomic mass is 9.79. The van der Waals surface area contributed by atoms with Crippen LogP contribution in [-0.2, 0) is 14.8 Å². The van der Waals surface area contributed by atoms with Crippen molar-refractivity contribution < 1.29 is 9.16 Å². The van der Waals surface area contributed by atoms with Gasteiger partial charge < -0.3 is 14.1 Å². The van der Waals surface area contributed by atoms with Crippen LogP contribution < -0.4 is 10.4 Å². The predicted molar refractivity (Wildman–Crippen MR) is 173 cm³/mol. The van der Waals surface area contributed by atoms with Crippen LogP contribution in [0.5, 0.6) is 0 Å². The van der Waals surface area contributed by atoms with Crippen LogP contribution in [-0.4, -0.2) is 31.9 Å². The van der Waals surface area contributed by atoms with Crippen LogP contribution in [0.2, 0.25) is 6.55 Å². The van der Waals surface area contributed by atoms with Gasteiger partial charge in [-0.25, -0.2) is 0 Å². The smallest absolute Gasteiger partial charge is 0.254 e. The van der Waals surface area contributed by atoms with Gasteiger partial charge in [0.15, 0.2) is 0 Å². The van der Waals surface area contributed by atoms with Gasteiger partial charge in [0, 0.05) is 12.7 Å². The first-order chi connectivity index (χ1) is 20.1. The van der Waals surface area contributed by atoms with Crippen molar-refractivity contribution in [3.05, 3.63) is 145 Å². The Morgan fingerprint density at radius 3 is 1.68 bits per heavy atom. The number of likely N-dealkylation sites (tertiary alicyclic amines) is 1. The van der Waals surface area contributed by atoms with E-state index in [1.54, 1.807) is 0 Å². The number of hydrogen-bond donors (Lipinski definition) is 0. The molecule has 0 radical (unpaired) electrons. The Bertz CT molecular complexity index is 1280. The molecule has 41 heavy (non-hydrogen) atoms. The van der Waals surface area contributed by atoms with Crippen molar-refractivity contribution in [2.45, 2.75) is 63.8 Å². The third kappa shape index (κ3) is 6.05. The van der Waals surface area contributed by atoms with Crippen molar-refractivity contribution in [1.82, 2.24) is 4.90 Å². The van der Waals surface area contributed by atoms with Crippen molar-refractivity contribution in [2.24, 2.45) is 0 Å². The molecule has 0 bridgehead atoms. The van der Waals surface area contributed by atoms with E-state index in [0.29, 0.717) is 0 Å². The molecule has 4 heteroatoms. The largest absolute Gasteiger partial charge is 0.497 e. The molecule has 1 heterocycles. The first-order valence-electron chi connectivity index (χ1n) is 15.1. The zero-order valence-electron chi connectivity index (χ0n) is 24.7. The van der Waals surface area contributed by atoms with E-state index in [2.05, 4.69) is 153 Å². The van der Waals surface area contributed by atoms with Crippen LogP contribution in [0.4, 0.5) is 0 Å². The minimum Gasteiger partial charge on any atom is -0.497 e. The Morgan fingerprint density at radius 2 is 1.22 bits per heavy atom. The Balaban J connectivity index is 1.71. The average Bonchev–Trinajstić information content (AvgIpc) is 3.52. The molecule has 0 N–H and O–H groups in total. The van der Waals surface area contributed by atoms with Gasteiger partial charge in [0.1, 0.15) is 5.60 Å². The minimum absolute atomic E-state index is 0.0908. The van der Waals surface area contributed by atoms with Crippen LogP contribution in [0.25, 0.3) is 0 Å². The molecule has 0 aromatic heterocycles. The summed E-state index contributed by atoms with van der Waals surface area (Å²) in [4.78, 5) is 2.47. The zero-order valence-corrected chi connectivity index (χ0v) is 25.7. The molecular weight excluding hydrogens is 518 g/mol. The Hall–Kier alpha value is -3.60. The van der Waals surface area contributed by atoms with Gasteiger partial charge in [-0.15, -0.1) is 0 Å². The molecule has 1 atom stereocenters. The summed E-state index contributed by atoms with van der Waals surface area (Å²) in [7, 11) is -2.74. The maximum Gasteiger partial charge on any atom is 0.254 e. The van der Waals surface area contributed by atoms with Gasteiger partial charge >= 0.3 is 0 Å². The second kappa shape index (κ2) is 13.4. The fraction of sp³-hybridized carbons (Fsp3) is 0.297. The number of benzene rings is 4. The van der Waals surface area contributed by atoms with E-state index in [4.69, 9.17) is 9.16 Å². The molecule has 4 aromatic rings. The van der Waals surface area contributed by atoms with E-state index in [-0.39, 0.29) is 12.1 Å². The number of rotatable bonds is 12. The van der Waals surface area contributed by atoms with Crippen LogP contribution in [0.3, 0.4) is 0 Å². The summed E-state index contributed by atoms with van der Waals surface area (Å²) in [6.07, 6.45) is 8.45. The SMILES string of the molecule is CCC(CC)O/C=C/N1CCC[C@H]1C(O[Si](C)(c1ccccc1)c1ccccc1)(c1ccccc1)c1ccccc1. The van der Waals surface area contributed by atoms with Crippen molar-refractivity contribution >= 4 is 18.7 Å². The first kappa shape index (κ1) is 28.9. The molecule has 0 saturated carbocycles. The maximum absolute atomic E-state index is 7.98.